The molecule has 0 saturated heterocycles. The summed E-state index contributed by atoms with van der Waals surface area (Å²) in [5.41, 5.74) is 17.1. The average Bonchev–Trinajstić information content (AvgIpc) is 3.92. The van der Waals surface area contributed by atoms with Crippen molar-refractivity contribution in [2.24, 2.45) is 0 Å². The van der Waals surface area contributed by atoms with Gasteiger partial charge in [0.25, 0.3) is 0 Å². The summed E-state index contributed by atoms with van der Waals surface area (Å²) in [7, 11) is 0. The Balaban J connectivity index is 0.973. The van der Waals surface area contributed by atoms with Crippen LogP contribution in [0, 0.1) is 0 Å². The molecule has 0 aliphatic rings. The zero-order chi connectivity index (χ0) is 42.1. The van der Waals surface area contributed by atoms with Crippen molar-refractivity contribution in [2.75, 3.05) is 0 Å². The Morgan fingerprint density at radius 3 is 1.38 bits per heavy atom. The molecule has 0 radical (unpaired) electrons. The summed E-state index contributed by atoms with van der Waals surface area (Å²) in [5, 5.41) is 9.67. The number of rotatable bonds is 6. The summed E-state index contributed by atoms with van der Waals surface area (Å²) in [6, 6.07) is 85.8. The van der Waals surface area contributed by atoms with E-state index in [4.69, 9.17) is 4.42 Å². The van der Waals surface area contributed by atoms with Crippen molar-refractivity contribution in [3.05, 3.63) is 237 Å². The van der Waals surface area contributed by atoms with Gasteiger partial charge < -0.3 is 8.98 Å². The summed E-state index contributed by atoms with van der Waals surface area (Å²) in [6.45, 7) is 0. The van der Waals surface area contributed by atoms with E-state index in [2.05, 4.69) is 241 Å². The third-order valence-electron chi connectivity index (χ3n) is 13.2. The smallest absolute Gasteiger partial charge is 0.143 e. The van der Waals surface area contributed by atoms with Crippen LogP contribution in [0.2, 0.25) is 0 Å². The Hall–Kier alpha value is -8.46. The van der Waals surface area contributed by atoms with Gasteiger partial charge in [0.2, 0.25) is 0 Å². The van der Waals surface area contributed by atoms with Crippen LogP contribution in [0.4, 0.5) is 0 Å². The molecule has 0 amide bonds. The van der Waals surface area contributed by atoms with Gasteiger partial charge in [0.15, 0.2) is 0 Å². The van der Waals surface area contributed by atoms with E-state index in [1.54, 1.807) is 0 Å². The maximum Gasteiger partial charge on any atom is 0.143 e. The van der Waals surface area contributed by atoms with Crippen LogP contribution in [-0.2, 0) is 0 Å². The molecule has 0 atom stereocenters. The highest BCUT2D eigenvalue weighted by Crippen LogP contribution is 2.46. The van der Waals surface area contributed by atoms with Gasteiger partial charge in [-0.3, -0.25) is 0 Å². The van der Waals surface area contributed by atoms with Crippen LogP contribution < -0.4 is 0 Å². The van der Waals surface area contributed by atoms with Crippen LogP contribution in [0.5, 0.6) is 0 Å². The van der Waals surface area contributed by atoms with Crippen LogP contribution in [-0.4, -0.2) is 4.57 Å². The lowest BCUT2D eigenvalue weighted by molar-refractivity contribution is 0.671. The summed E-state index contributed by atoms with van der Waals surface area (Å²) in [6.07, 6.45) is 0. The third-order valence-corrected chi connectivity index (χ3v) is 13.2. The Labute approximate surface area is 370 Å². The van der Waals surface area contributed by atoms with Crippen LogP contribution >= 0.6 is 0 Å². The normalized spacial score (nSPS) is 11.8. The monoisotopic (exact) mass is 813 g/mol. The molecule has 0 bridgehead atoms. The number of benzene rings is 11. The van der Waals surface area contributed by atoms with Gasteiger partial charge in [-0.1, -0.05) is 200 Å². The minimum absolute atomic E-state index is 0.909. The predicted molar refractivity (Wildman–Crippen MR) is 270 cm³/mol. The molecule has 0 N–H and O–H groups in total. The first kappa shape index (κ1) is 36.2. The Kier molecular flexibility index (Phi) is 8.25. The fourth-order valence-electron chi connectivity index (χ4n) is 10.3. The zero-order valence-corrected chi connectivity index (χ0v) is 34.9. The number of para-hydroxylation sites is 3. The van der Waals surface area contributed by atoms with Crippen LogP contribution in [0.3, 0.4) is 0 Å². The first-order valence-electron chi connectivity index (χ1n) is 22.0. The Morgan fingerprint density at radius 1 is 0.250 bits per heavy atom. The van der Waals surface area contributed by atoms with Crippen LogP contribution in [0.25, 0.3) is 127 Å². The van der Waals surface area contributed by atoms with Crippen molar-refractivity contribution < 1.29 is 4.42 Å². The largest absolute Gasteiger partial charge is 0.455 e. The second-order valence-electron chi connectivity index (χ2n) is 16.8. The summed E-state index contributed by atoms with van der Waals surface area (Å²) in [5.74, 6) is 0. The maximum absolute atomic E-state index is 6.86. The molecule has 0 saturated carbocycles. The predicted octanol–water partition coefficient (Wildman–Crippen LogP) is 17.3. The molecular weight excluding hydrogens is 775 g/mol. The van der Waals surface area contributed by atoms with Crippen molar-refractivity contribution in [3.8, 4) is 61.3 Å². The number of fused-ring (bicyclic) bond motifs is 8. The quantitative estimate of drug-likeness (QED) is 0.153. The molecule has 298 valence electrons. The van der Waals surface area contributed by atoms with E-state index in [9.17, 15) is 0 Å². The van der Waals surface area contributed by atoms with Gasteiger partial charge in [-0.25, -0.2) is 0 Å². The SMILES string of the molecule is c1ccc(-c2c3ccccc3c(-c3ccccc3)c3cc(-c4cccc(-n5c6ccccc6c6cc(-c7cccc8c7oc7c(-c9ccccc9)cccc78)ccc65)c4)ccc23)cc1. The van der Waals surface area contributed by atoms with Crippen molar-refractivity contribution in [2.45, 2.75) is 0 Å². The zero-order valence-electron chi connectivity index (χ0n) is 34.9. The van der Waals surface area contributed by atoms with E-state index in [0.29, 0.717) is 0 Å². The van der Waals surface area contributed by atoms with E-state index in [0.717, 1.165) is 55.4 Å². The van der Waals surface area contributed by atoms with Crippen LogP contribution in [0.15, 0.2) is 241 Å². The number of nitrogens with zero attached hydrogens (tertiary/aromatic N) is 1. The molecule has 2 aromatic heterocycles. The van der Waals surface area contributed by atoms with Crippen molar-refractivity contribution in [1.82, 2.24) is 4.57 Å². The van der Waals surface area contributed by atoms with Crippen molar-refractivity contribution in [3.63, 3.8) is 0 Å². The molecule has 0 aliphatic carbocycles. The molecule has 11 aromatic carbocycles. The number of hydrogen-bond acceptors (Lipinski definition) is 1. The van der Waals surface area contributed by atoms with Gasteiger partial charge in [0, 0.05) is 38.4 Å². The van der Waals surface area contributed by atoms with Crippen LogP contribution in [0.1, 0.15) is 0 Å². The topological polar surface area (TPSA) is 18.1 Å². The van der Waals surface area contributed by atoms with Gasteiger partial charge in [0.1, 0.15) is 11.2 Å². The summed E-state index contributed by atoms with van der Waals surface area (Å²) < 4.78 is 9.28. The maximum atomic E-state index is 6.86. The second kappa shape index (κ2) is 14.6. The van der Waals surface area contributed by atoms with Crippen molar-refractivity contribution >= 4 is 65.3 Å². The third kappa shape index (κ3) is 5.66. The standard InChI is InChI=1S/C62H39NO/c1-4-17-40(18-5-1)47-28-15-30-53-54-31-16-29-48(62(54)64-61(47)53)45-34-36-58-55(39-45)49-25-12-13-32-57(49)63(58)46-24-14-23-43(37-46)44-33-35-52-56(38-44)60(42-21-8-3-9-22-42)51-27-11-10-26-50(51)59(52)41-19-6-2-7-20-41/h1-39H. The summed E-state index contributed by atoms with van der Waals surface area (Å²) in [4.78, 5) is 0. The fourth-order valence-corrected chi connectivity index (χ4v) is 10.3. The minimum Gasteiger partial charge on any atom is -0.455 e. The Bertz CT molecular complexity index is 3930. The molecule has 0 spiro atoms. The van der Waals surface area contributed by atoms with E-state index in [-0.39, 0.29) is 0 Å². The number of hydrogen-bond donors (Lipinski definition) is 0. The molecule has 0 unspecified atom stereocenters. The van der Waals surface area contributed by atoms with Gasteiger partial charge in [-0.15, -0.1) is 0 Å². The van der Waals surface area contributed by atoms with E-state index in [1.807, 2.05) is 0 Å². The average molecular weight is 814 g/mol. The minimum atomic E-state index is 0.909. The lowest BCUT2D eigenvalue weighted by Crippen LogP contribution is -1.95. The lowest BCUT2D eigenvalue weighted by Gasteiger charge is -2.19. The highest BCUT2D eigenvalue weighted by molar-refractivity contribution is 6.22. The van der Waals surface area contributed by atoms with Gasteiger partial charge in [0.05, 0.1) is 11.0 Å². The molecule has 64 heavy (non-hydrogen) atoms. The van der Waals surface area contributed by atoms with E-state index < -0.39 is 0 Å². The number of furan rings is 1. The first-order valence-corrected chi connectivity index (χ1v) is 22.0. The van der Waals surface area contributed by atoms with E-state index in [1.165, 1.54) is 71.2 Å². The highest BCUT2D eigenvalue weighted by Gasteiger charge is 2.20. The Morgan fingerprint density at radius 2 is 0.703 bits per heavy atom. The molecule has 2 nitrogen and oxygen atoms in total. The van der Waals surface area contributed by atoms with Crippen molar-refractivity contribution in [1.29, 1.82) is 0 Å². The van der Waals surface area contributed by atoms with Gasteiger partial charge >= 0.3 is 0 Å². The fraction of sp³-hybridized carbons (Fsp3) is 0. The lowest BCUT2D eigenvalue weighted by atomic mass is 9.85. The highest BCUT2D eigenvalue weighted by atomic mass is 16.3. The van der Waals surface area contributed by atoms with Gasteiger partial charge in [-0.05, 0) is 102 Å². The molecule has 2 heteroatoms. The molecule has 2 heterocycles. The molecule has 0 fully saturated rings. The van der Waals surface area contributed by atoms with Gasteiger partial charge in [-0.2, -0.15) is 0 Å². The van der Waals surface area contributed by atoms with E-state index >= 15 is 0 Å². The number of aromatic nitrogens is 1. The molecular formula is C62H39NO. The first-order chi connectivity index (χ1) is 31.8. The molecule has 13 aromatic rings. The summed E-state index contributed by atoms with van der Waals surface area (Å²) >= 11 is 0. The molecule has 13 rings (SSSR count). The second-order valence-corrected chi connectivity index (χ2v) is 16.8. The molecule has 0 aliphatic heterocycles.